The highest BCUT2D eigenvalue weighted by Gasteiger charge is 2.04. The lowest BCUT2D eigenvalue weighted by atomic mass is 10.2. The molecule has 0 aromatic heterocycles. The molecule has 0 amide bonds. The van der Waals surface area contributed by atoms with Crippen LogP contribution in [0.1, 0.15) is 11.1 Å². The van der Waals surface area contributed by atoms with Gasteiger partial charge in [0.2, 0.25) is 0 Å². The smallest absolute Gasteiger partial charge is 0.131 e. The van der Waals surface area contributed by atoms with Crippen LogP contribution >= 0.6 is 11.6 Å². The normalized spacial score (nSPS) is 10.3. The number of ether oxygens (including phenoxy) is 1. The molecule has 0 spiro atoms. The zero-order valence-electron chi connectivity index (χ0n) is 9.61. The molecule has 0 saturated heterocycles. The topological polar surface area (TPSA) is 35.2 Å². The Morgan fingerprint density at radius 3 is 2.65 bits per heavy atom. The van der Waals surface area contributed by atoms with E-state index in [1.165, 1.54) is 0 Å². The Bertz CT molecular complexity index is 525. The number of hydrogen-bond donors (Lipinski definition) is 1. The van der Waals surface area contributed by atoms with E-state index in [2.05, 4.69) is 0 Å². The van der Waals surface area contributed by atoms with E-state index in [0.717, 1.165) is 27.6 Å². The van der Waals surface area contributed by atoms with Crippen molar-refractivity contribution in [3.8, 4) is 11.5 Å². The molecule has 0 aliphatic rings. The Morgan fingerprint density at radius 2 is 1.94 bits per heavy atom. The molecule has 2 aromatic rings. The molecule has 3 heteroatoms. The van der Waals surface area contributed by atoms with Crippen LogP contribution in [0.3, 0.4) is 0 Å². The molecule has 0 fully saturated rings. The Kier molecular flexibility index (Phi) is 3.67. The molecule has 0 radical (unpaired) electrons. The summed E-state index contributed by atoms with van der Waals surface area (Å²) in [7, 11) is 0. The van der Waals surface area contributed by atoms with Gasteiger partial charge in [0.1, 0.15) is 11.5 Å². The summed E-state index contributed by atoms with van der Waals surface area (Å²) in [5, 5.41) is 0.740. The van der Waals surface area contributed by atoms with Crippen molar-refractivity contribution < 1.29 is 4.74 Å². The van der Waals surface area contributed by atoms with Gasteiger partial charge in [-0.25, -0.2) is 0 Å². The van der Waals surface area contributed by atoms with Gasteiger partial charge in [-0.3, -0.25) is 0 Å². The predicted molar refractivity (Wildman–Crippen MR) is 70.6 cm³/mol. The molecule has 88 valence electrons. The summed E-state index contributed by atoms with van der Waals surface area (Å²) in [5.74, 6) is 1.56. The van der Waals surface area contributed by atoms with Gasteiger partial charge in [-0.15, -0.1) is 0 Å². The molecular formula is C14H14ClNO. The standard InChI is InChI=1S/C14H14ClNO/c1-10-8-12(6-7-13(10)15)17-14-5-3-2-4-11(14)9-16/h2-8H,9,16H2,1H3. The van der Waals surface area contributed by atoms with Gasteiger partial charge in [0.05, 0.1) is 0 Å². The van der Waals surface area contributed by atoms with Crippen molar-refractivity contribution in [3.05, 3.63) is 58.6 Å². The number of benzene rings is 2. The summed E-state index contributed by atoms with van der Waals surface area (Å²) in [6.07, 6.45) is 0. The van der Waals surface area contributed by atoms with Crippen LogP contribution in [-0.4, -0.2) is 0 Å². The van der Waals surface area contributed by atoms with Crippen molar-refractivity contribution in [1.82, 2.24) is 0 Å². The van der Waals surface area contributed by atoms with Gasteiger partial charge in [-0.2, -0.15) is 0 Å². The highest BCUT2D eigenvalue weighted by Crippen LogP contribution is 2.27. The first-order valence-electron chi connectivity index (χ1n) is 5.42. The largest absolute Gasteiger partial charge is 0.457 e. The molecule has 0 atom stereocenters. The van der Waals surface area contributed by atoms with Gasteiger partial charge in [0, 0.05) is 17.1 Å². The van der Waals surface area contributed by atoms with Gasteiger partial charge >= 0.3 is 0 Å². The molecule has 0 bridgehead atoms. The minimum atomic E-state index is 0.461. The Hall–Kier alpha value is -1.51. The minimum Gasteiger partial charge on any atom is -0.457 e. The molecular weight excluding hydrogens is 234 g/mol. The third-order valence-corrected chi connectivity index (χ3v) is 2.97. The van der Waals surface area contributed by atoms with Crippen molar-refractivity contribution in [1.29, 1.82) is 0 Å². The molecule has 0 unspecified atom stereocenters. The average molecular weight is 248 g/mol. The number of halogens is 1. The van der Waals surface area contributed by atoms with Crippen LogP contribution in [-0.2, 0) is 6.54 Å². The fourth-order valence-electron chi connectivity index (χ4n) is 1.58. The van der Waals surface area contributed by atoms with Crippen LogP contribution in [0.2, 0.25) is 5.02 Å². The zero-order chi connectivity index (χ0) is 12.3. The summed E-state index contributed by atoms with van der Waals surface area (Å²) in [6, 6.07) is 13.3. The fourth-order valence-corrected chi connectivity index (χ4v) is 1.70. The second-order valence-corrected chi connectivity index (χ2v) is 4.23. The third kappa shape index (κ3) is 2.78. The number of rotatable bonds is 3. The molecule has 0 aliphatic carbocycles. The summed E-state index contributed by atoms with van der Waals surface area (Å²) in [4.78, 5) is 0. The Balaban J connectivity index is 2.28. The first-order valence-corrected chi connectivity index (χ1v) is 5.80. The second-order valence-electron chi connectivity index (χ2n) is 3.82. The second kappa shape index (κ2) is 5.21. The average Bonchev–Trinajstić information content (AvgIpc) is 2.34. The number of hydrogen-bond acceptors (Lipinski definition) is 2. The lowest BCUT2D eigenvalue weighted by Gasteiger charge is -2.10. The van der Waals surface area contributed by atoms with Gasteiger partial charge in [0.25, 0.3) is 0 Å². The maximum atomic E-state index is 5.97. The zero-order valence-corrected chi connectivity index (χ0v) is 10.4. The fraction of sp³-hybridized carbons (Fsp3) is 0.143. The maximum Gasteiger partial charge on any atom is 0.131 e. The first-order chi connectivity index (χ1) is 8.20. The summed E-state index contributed by atoms with van der Waals surface area (Å²) < 4.78 is 5.80. The summed E-state index contributed by atoms with van der Waals surface area (Å²) >= 11 is 5.97. The molecule has 0 aliphatic heterocycles. The van der Waals surface area contributed by atoms with Crippen molar-refractivity contribution in [2.75, 3.05) is 0 Å². The maximum absolute atomic E-state index is 5.97. The van der Waals surface area contributed by atoms with Crippen LogP contribution in [0, 0.1) is 6.92 Å². The van der Waals surface area contributed by atoms with Crippen molar-refractivity contribution in [2.45, 2.75) is 13.5 Å². The van der Waals surface area contributed by atoms with Gasteiger partial charge in [0.15, 0.2) is 0 Å². The van der Waals surface area contributed by atoms with Gasteiger partial charge in [-0.1, -0.05) is 29.8 Å². The van der Waals surface area contributed by atoms with Crippen LogP contribution in [0.5, 0.6) is 11.5 Å². The van der Waals surface area contributed by atoms with E-state index in [1.54, 1.807) is 0 Å². The van der Waals surface area contributed by atoms with E-state index in [-0.39, 0.29) is 0 Å². The van der Waals surface area contributed by atoms with Crippen LogP contribution < -0.4 is 10.5 Å². The summed E-state index contributed by atoms with van der Waals surface area (Å²) in [6.45, 7) is 2.41. The molecule has 17 heavy (non-hydrogen) atoms. The van der Waals surface area contributed by atoms with Crippen molar-refractivity contribution >= 4 is 11.6 Å². The Labute approximate surface area is 106 Å². The number of nitrogens with two attached hydrogens (primary N) is 1. The lowest BCUT2D eigenvalue weighted by molar-refractivity contribution is 0.476. The van der Waals surface area contributed by atoms with Crippen LogP contribution in [0.4, 0.5) is 0 Å². The quantitative estimate of drug-likeness (QED) is 0.893. The third-order valence-electron chi connectivity index (χ3n) is 2.55. The van der Waals surface area contributed by atoms with Crippen LogP contribution in [0.25, 0.3) is 0 Å². The highest BCUT2D eigenvalue weighted by atomic mass is 35.5. The van der Waals surface area contributed by atoms with E-state index < -0.39 is 0 Å². The molecule has 2 N–H and O–H groups in total. The van der Waals surface area contributed by atoms with E-state index in [0.29, 0.717) is 6.54 Å². The van der Waals surface area contributed by atoms with Crippen molar-refractivity contribution in [3.63, 3.8) is 0 Å². The highest BCUT2D eigenvalue weighted by molar-refractivity contribution is 6.31. The van der Waals surface area contributed by atoms with E-state index in [9.17, 15) is 0 Å². The summed E-state index contributed by atoms with van der Waals surface area (Å²) in [5.41, 5.74) is 7.64. The molecule has 0 heterocycles. The van der Waals surface area contributed by atoms with Gasteiger partial charge < -0.3 is 10.5 Å². The molecule has 2 aromatic carbocycles. The Morgan fingerprint density at radius 1 is 1.18 bits per heavy atom. The molecule has 2 nitrogen and oxygen atoms in total. The van der Waals surface area contributed by atoms with Gasteiger partial charge in [-0.05, 0) is 36.8 Å². The molecule has 0 saturated carbocycles. The predicted octanol–water partition coefficient (Wildman–Crippen LogP) is 3.90. The van der Waals surface area contributed by atoms with E-state index in [4.69, 9.17) is 22.1 Å². The lowest BCUT2D eigenvalue weighted by Crippen LogP contribution is -1.99. The SMILES string of the molecule is Cc1cc(Oc2ccccc2CN)ccc1Cl. The minimum absolute atomic E-state index is 0.461. The van der Waals surface area contributed by atoms with E-state index in [1.807, 2.05) is 49.4 Å². The van der Waals surface area contributed by atoms with Crippen LogP contribution in [0.15, 0.2) is 42.5 Å². The number of aryl methyl sites for hydroxylation is 1. The monoisotopic (exact) mass is 247 g/mol. The van der Waals surface area contributed by atoms with Crippen molar-refractivity contribution in [2.24, 2.45) is 5.73 Å². The van der Waals surface area contributed by atoms with E-state index >= 15 is 0 Å². The first kappa shape index (κ1) is 12.0. The number of para-hydroxylation sites is 1. The molecule has 2 rings (SSSR count).